The second-order valence-corrected chi connectivity index (χ2v) is 8.63. The molecule has 30 heavy (non-hydrogen) atoms. The number of aromatic nitrogens is 2. The van der Waals surface area contributed by atoms with Crippen LogP contribution in [-0.4, -0.2) is 59.9 Å². The lowest BCUT2D eigenvalue weighted by Gasteiger charge is -2.30. The molecule has 2 N–H and O–H groups in total. The monoisotopic (exact) mass is 435 g/mol. The number of piperidine rings is 1. The van der Waals surface area contributed by atoms with Crippen LogP contribution in [0.2, 0.25) is 0 Å². The van der Waals surface area contributed by atoms with Gasteiger partial charge in [0, 0.05) is 37.9 Å². The summed E-state index contributed by atoms with van der Waals surface area (Å²) < 4.78 is 43.0. The molecule has 1 aromatic heterocycles. The van der Waals surface area contributed by atoms with Gasteiger partial charge in [-0.05, 0) is 18.2 Å². The standard InChI is InChI=1S/C18H18FN5O5S/c1-30(27,28)15-3-2-11(8-14(15)19)23-16-13(9-20)17(22-10-21-16)29-12-4-6-24(7-5-12)18(25)26/h2-3,8,10,12H,4-7H2,1H3,(H,25,26)(H,21,22,23). The van der Waals surface area contributed by atoms with Gasteiger partial charge in [0.25, 0.3) is 0 Å². The Morgan fingerprint density at radius 3 is 2.63 bits per heavy atom. The number of rotatable bonds is 5. The van der Waals surface area contributed by atoms with Crippen LogP contribution in [0.25, 0.3) is 0 Å². The molecule has 0 bridgehead atoms. The molecule has 1 aliphatic heterocycles. The number of benzene rings is 1. The van der Waals surface area contributed by atoms with Gasteiger partial charge in [0.05, 0.1) is 0 Å². The predicted octanol–water partition coefficient (Wildman–Crippen LogP) is 2.16. The van der Waals surface area contributed by atoms with Gasteiger partial charge < -0.3 is 20.1 Å². The highest BCUT2D eigenvalue weighted by atomic mass is 32.2. The van der Waals surface area contributed by atoms with Gasteiger partial charge >= 0.3 is 6.09 Å². The lowest BCUT2D eigenvalue weighted by molar-refractivity contribution is 0.0869. The number of halogens is 1. The number of nitriles is 1. The molecule has 1 saturated heterocycles. The molecule has 1 aliphatic rings. The summed E-state index contributed by atoms with van der Waals surface area (Å²) in [7, 11) is -3.71. The van der Waals surface area contributed by atoms with Crippen LogP contribution in [0.1, 0.15) is 18.4 Å². The Kier molecular flexibility index (Phi) is 6.02. The Morgan fingerprint density at radius 2 is 2.07 bits per heavy atom. The normalized spacial score (nSPS) is 14.8. The molecule has 10 nitrogen and oxygen atoms in total. The highest BCUT2D eigenvalue weighted by Crippen LogP contribution is 2.28. The van der Waals surface area contributed by atoms with Crippen molar-refractivity contribution in [1.29, 1.82) is 5.26 Å². The van der Waals surface area contributed by atoms with Crippen molar-refractivity contribution in [1.82, 2.24) is 14.9 Å². The molecule has 1 fully saturated rings. The summed E-state index contributed by atoms with van der Waals surface area (Å²) in [5, 5.41) is 21.3. The Labute approximate surface area is 171 Å². The zero-order chi connectivity index (χ0) is 21.9. The van der Waals surface area contributed by atoms with Crippen molar-refractivity contribution in [3.8, 4) is 11.9 Å². The zero-order valence-corrected chi connectivity index (χ0v) is 16.7. The molecule has 0 saturated carbocycles. The Balaban J connectivity index is 1.79. The van der Waals surface area contributed by atoms with Crippen molar-refractivity contribution in [2.45, 2.75) is 23.8 Å². The number of likely N-dealkylation sites (tertiary alicyclic amines) is 1. The van der Waals surface area contributed by atoms with Crippen molar-refractivity contribution < 1.29 is 27.4 Å². The van der Waals surface area contributed by atoms with Crippen molar-refractivity contribution >= 4 is 27.4 Å². The van der Waals surface area contributed by atoms with Crippen molar-refractivity contribution in [3.05, 3.63) is 35.9 Å². The maximum Gasteiger partial charge on any atom is 0.407 e. The number of sulfone groups is 1. The van der Waals surface area contributed by atoms with Gasteiger partial charge in [0.1, 0.15) is 29.2 Å². The molecule has 0 atom stereocenters. The molecule has 1 amide bonds. The van der Waals surface area contributed by atoms with E-state index in [4.69, 9.17) is 9.84 Å². The maximum atomic E-state index is 14.1. The van der Waals surface area contributed by atoms with Crippen LogP contribution in [0.3, 0.4) is 0 Å². The largest absolute Gasteiger partial charge is 0.473 e. The van der Waals surface area contributed by atoms with E-state index in [0.29, 0.717) is 25.9 Å². The first kappa shape index (κ1) is 21.3. The van der Waals surface area contributed by atoms with Crippen LogP contribution in [0, 0.1) is 17.1 Å². The van der Waals surface area contributed by atoms with Gasteiger partial charge in [0.2, 0.25) is 5.88 Å². The average Bonchev–Trinajstić information content (AvgIpc) is 2.68. The van der Waals surface area contributed by atoms with Gasteiger partial charge in [-0.1, -0.05) is 0 Å². The van der Waals surface area contributed by atoms with Crippen molar-refractivity contribution in [2.24, 2.45) is 0 Å². The van der Waals surface area contributed by atoms with Crippen LogP contribution in [0.15, 0.2) is 29.4 Å². The summed E-state index contributed by atoms with van der Waals surface area (Å²) in [5.41, 5.74) is 0.182. The summed E-state index contributed by atoms with van der Waals surface area (Å²) in [6.07, 6.45) is 1.66. The van der Waals surface area contributed by atoms with E-state index in [0.717, 1.165) is 18.4 Å². The first-order valence-electron chi connectivity index (χ1n) is 8.85. The van der Waals surface area contributed by atoms with E-state index in [1.165, 1.54) is 17.3 Å². The number of carbonyl (C=O) groups is 1. The van der Waals surface area contributed by atoms with E-state index in [9.17, 15) is 22.9 Å². The van der Waals surface area contributed by atoms with E-state index in [2.05, 4.69) is 15.3 Å². The summed E-state index contributed by atoms with van der Waals surface area (Å²) in [4.78, 5) is 19.8. The van der Waals surface area contributed by atoms with E-state index in [1.807, 2.05) is 6.07 Å². The highest BCUT2D eigenvalue weighted by molar-refractivity contribution is 7.90. The minimum absolute atomic E-state index is 0.00855. The number of hydrogen-bond acceptors (Lipinski definition) is 8. The number of ether oxygens (including phenoxy) is 1. The topological polar surface area (TPSA) is 146 Å². The Morgan fingerprint density at radius 1 is 1.37 bits per heavy atom. The molecule has 1 aromatic carbocycles. The smallest absolute Gasteiger partial charge is 0.407 e. The molecule has 12 heteroatoms. The molecule has 0 radical (unpaired) electrons. The zero-order valence-electron chi connectivity index (χ0n) is 15.9. The van der Waals surface area contributed by atoms with Crippen LogP contribution < -0.4 is 10.1 Å². The predicted molar refractivity (Wildman–Crippen MR) is 103 cm³/mol. The fourth-order valence-electron chi connectivity index (χ4n) is 2.99. The number of nitrogens with one attached hydrogen (secondary N) is 1. The molecule has 158 valence electrons. The fourth-order valence-corrected chi connectivity index (χ4v) is 3.72. The molecule has 0 spiro atoms. The Hall–Kier alpha value is -3.46. The van der Waals surface area contributed by atoms with E-state index < -0.39 is 26.6 Å². The highest BCUT2D eigenvalue weighted by Gasteiger charge is 2.25. The van der Waals surface area contributed by atoms with Gasteiger partial charge in [-0.3, -0.25) is 0 Å². The second kappa shape index (κ2) is 8.50. The summed E-state index contributed by atoms with van der Waals surface area (Å²) in [5.74, 6) is -0.842. The van der Waals surface area contributed by atoms with Crippen LogP contribution in [-0.2, 0) is 9.84 Å². The number of hydrogen-bond donors (Lipinski definition) is 2. The molecule has 2 aromatic rings. The SMILES string of the molecule is CS(=O)(=O)c1ccc(Nc2ncnc(OC3CCN(C(=O)O)CC3)c2C#N)cc1F. The van der Waals surface area contributed by atoms with E-state index in [-0.39, 0.29) is 29.1 Å². The van der Waals surface area contributed by atoms with Gasteiger partial charge in [-0.2, -0.15) is 5.26 Å². The molecule has 0 aliphatic carbocycles. The third-order valence-corrected chi connectivity index (χ3v) is 5.64. The number of nitrogens with zero attached hydrogens (tertiary/aromatic N) is 4. The molecule has 3 rings (SSSR count). The Bertz CT molecular complexity index is 1110. The third-order valence-electron chi connectivity index (χ3n) is 4.51. The van der Waals surface area contributed by atoms with Crippen LogP contribution in [0.5, 0.6) is 5.88 Å². The maximum absolute atomic E-state index is 14.1. The van der Waals surface area contributed by atoms with Gasteiger partial charge in [-0.15, -0.1) is 0 Å². The lowest BCUT2D eigenvalue weighted by atomic mass is 10.1. The lowest BCUT2D eigenvalue weighted by Crippen LogP contribution is -2.41. The third kappa shape index (κ3) is 4.74. The number of carboxylic acid groups (broad SMARTS) is 1. The van der Waals surface area contributed by atoms with Gasteiger partial charge in [-0.25, -0.2) is 27.6 Å². The molecule has 0 unspecified atom stereocenters. The van der Waals surface area contributed by atoms with Crippen LogP contribution >= 0.6 is 0 Å². The average molecular weight is 435 g/mol. The molecular formula is C18H18FN5O5S. The van der Waals surface area contributed by atoms with Gasteiger partial charge in [0.15, 0.2) is 21.2 Å². The number of amides is 1. The van der Waals surface area contributed by atoms with Crippen LogP contribution in [0.4, 0.5) is 20.7 Å². The van der Waals surface area contributed by atoms with Crippen molar-refractivity contribution in [3.63, 3.8) is 0 Å². The second-order valence-electron chi connectivity index (χ2n) is 6.64. The first-order chi connectivity index (χ1) is 14.2. The first-order valence-corrected chi connectivity index (χ1v) is 10.7. The summed E-state index contributed by atoms with van der Waals surface area (Å²) in [6, 6.07) is 5.40. The quantitative estimate of drug-likeness (QED) is 0.721. The van der Waals surface area contributed by atoms with E-state index >= 15 is 0 Å². The number of anilines is 2. The van der Waals surface area contributed by atoms with E-state index in [1.54, 1.807) is 0 Å². The minimum atomic E-state index is -3.71. The van der Waals surface area contributed by atoms with Crippen molar-refractivity contribution in [2.75, 3.05) is 24.7 Å². The summed E-state index contributed by atoms with van der Waals surface area (Å²) in [6.45, 7) is 0.619. The molecule has 2 heterocycles. The summed E-state index contributed by atoms with van der Waals surface area (Å²) >= 11 is 0. The fraction of sp³-hybridized carbons (Fsp3) is 0.333. The minimum Gasteiger partial charge on any atom is -0.473 e. The molecular weight excluding hydrogens is 417 g/mol.